The molecule has 2 heterocycles. The molecule has 1 aliphatic rings. The second-order valence-electron chi connectivity index (χ2n) is 6.18. The number of nitrogens with zero attached hydrogens (tertiary/aromatic N) is 1. The van der Waals surface area contributed by atoms with Crippen molar-refractivity contribution >= 4 is 16.5 Å². The number of hydrogen-bond acceptors (Lipinski definition) is 3. The Hall–Kier alpha value is -1.61. The van der Waals surface area contributed by atoms with Crippen LogP contribution in [0.25, 0.3) is 10.8 Å². The molecule has 3 rings (SSSR count). The van der Waals surface area contributed by atoms with Gasteiger partial charge in [0.1, 0.15) is 0 Å². The molecule has 0 saturated carbocycles. The van der Waals surface area contributed by atoms with E-state index in [1.165, 1.54) is 55.1 Å². The lowest BCUT2D eigenvalue weighted by Gasteiger charge is -2.23. The molecule has 112 valence electrons. The molecule has 3 nitrogen and oxygen atoms in total. The van der Waals surface area contributed by atoms with E-state index >= 15 is 0 Å². The van der Waals surface area contributed by atoms with E-state index in [1.54, 1.807) is 0 Å². The second kappa shape index (κ2) is 6.90. The van der Waals surface area contributed by atoms with Crippen LogP contribution in [0.3, 0.4) is 0 Å². The van der Waals surface area contributed by atoms with Crippen LogP contribution < -0.4 is 10.6 Å². The van der Waals surface area contributed by atoms with Crippen LogP contribution in [0.1, 0.15) is 39.0 Å². The zero-order chi connectivity index (χ0) is 14.5. The summed E-state index contributed by atoms with van der Waals surface area (Å²) in [5.74, 6) is 0. The van der Waals surface area contributed by atoms with Crippen LogP contribution in [0.5, 0.6) is 0 Å². The summed E-state index contributed by atoms with van der Waals surface area (Å²) < 4.78 is 0. The Morgan fingerprint density at radius 2 is 2.24 bits per heavy atom. The minimum atomic E-state index is 0.472. The van der Waals surface area contributed by atoms with Gasteiger partial charge in [0.2, 0.25) is 0 Å². The summed E-state index contributed by atoms with van der Waals surface area (Å²) in [4.78, 5) is 4.20. The zero-order valence-electron chi connectivity index (χ0n) is 12.8. The Bertz CT molecular complexity index is 568. The summed E-state index contributed by atoms with van der Waals surface area (Å²) in [6, 6.07) is 9.60. The normalized spacial score (nSPS) is 20.9. The molecule has 1 saturated heterocycles. The van der Waals surface area contributed by atoms with Crippen molar-refractivity contribution in [2.24, 2.45) is 0 Å². The standard InChI is InChI=1S/C18H25N3/c1-14(12-16-7-3-2-4-10-20-16)21-18-8-5-6-15-13-19-11-9-17(15)18/h5-6,8-9,11,13-14,16,20-21H,2-4,7,10,12H2,1H3. The van der Waals surface area contributed by atoms with E-state index in [9.17, 15) is 0 Å². The van der Waals surface area contributed by atoms with Gasteiger partial charge in [-0.2, -0.15) is 0 Å². The first kappa shape index (κ1) is 14.3. The third-order valence-corrected chi connectivity index (χ3v) is 4.38. The third kappa shape index (κ3) is 3.73. The van der Waals surface area contributed by atoms with E-state index in [-0.39, 0.29) is 0 Å². The number of hydrogen-bond donors (Lipinski definition) is 2. The molecule has 1 aromatic carbocycles. The van der Waals surface area contributed by atoms with Crippen LogP contribution in [0.4, 0.5) is 5.69 Å². The Balaban J connectivity index is 1.67. The van der Waals surface area contributed by atoms with Crippen molar-refractivity contribution in [1.82, 2.24) is 10.3 Å². The van der Waals surface area contributed by atoms with Crippen LogP contribution in [0.15, 0.2) is 36.7 Å². The van der Waals surface area contributed by atoms with E-state index in [4.69, 9.17) is 0 Å². The number of anilines is 1. The van der Waals surface area contributed by atoms with Gasteiger partial charge >= 0.3 is 0 Å². The highest BCUT2D eigenvalue weighted by Crippen LogP contribution is 2.24. The fraction of sp³-hybridized carbons (Fsp3) is 0.500. The first-order valence-electron chi connectivity index (χ1n) is 8.15. The first-order chi connectivity index (χ1) is 10.3. The summed E-state index contributed by atoms with van der Waals surface area (Å²) in [5, 5.41) is 9.82. The van der Waals surface area contributed by atoms with E-state index in [0.717, 1.165) is 0 Å². The molecule has 2 aromatic rings. The van der Waals surface area contributed by atoms with E-state index in [0.29, 0.717) is 12.1 Å². The summed E-state index contributed by atoms with van der Waals surface area (Å²) in [6.45, 7) is 3.46. The van der Waals surface area contributed by atoms with Gasteiger partial charge in [0.25, 0.3) is 0 Å². The number of rotatable bonds is 4. The molecule has 1 aliphatic heterocycles. The van der Waals surface area contributed by atoms with Gasteiger partial charge in [-0.25, -0.2) is 0 Å². The van der Waals surface area contributed by atoms with Crippen molar-refractivity contribution < 1.29 is 0 Å². The van der Waals surface area contributed by atoms with Crippen LogP contribution in [0.2, 0.25) is 0 Å². The minimum Gasteiger partial charge on any atom is -0.382 e. The largest absolute Gasteiger partial charge is 0.382 e. The topological polar surface area (TPSA) is 37.0 Å². The third-order valence-electron chi connectivity index (χ3n) is 4.38. The molecular weight excluding hydrogens is 258 g/mol. The lowest BCUT2D eigenvalue weighted by Crippen LogP contribution is -2.33. The van der Waals surface area contributed by atoms with Crippen molar-refractivity contribution in [2.75, 3.05) is 11.9 Å². The maximum atomic E-state index is 4.20. The molecular formula is C18H25N3. The molecule has 2 N–H and O–H groups in total. The number of aromatic nitrogens is 1. The lowest BCUT2D eigenvalue weighted by atomic mass is 10.0. The van der Waals surface area contributed by atoms with Crippen molar-refractivity contribution in [3.63, 3.8) is 0 Å². The smallest absolute Gasteiger partial charge is 0.0423 e. The predicted molar refractivity (Wildman–Crippen MR) is 89.7 cm³/mol. The molecule has 1 fully saturated rings. The maximum Gasteiger partial charge on any atom is 0.0423 e. The van der Waals surface area contributed by atoms with Gasteiger partial charge in [-0.05, 0) is 44.9 Å². The molecule has 2 atom stereocenters. The predicted octanol–water partition coefficient (Wildman–Crippen LogP) is 3.96. The Labute approximate surface area is 127 Å². The number of pyridine rings is 1. The Morgan fingerprint density at radius 3 is 3.19 bits per heavy atom. The number of fused-ring (bicyclic) bond motifs is 1. The molecule has 21 heavy (non-hydrogen) atoms. The molecule has 0 aliphatic carbocycles. The average molecular weight is 283 g/mol. The Morgan fingerprint density at radius 1 is 1.29 bits per heavy atom. The fourth-order valence-corrected chi connectivity index (χ4v) is 3.30. The van der Waals surface area contributed by atoms with E-state index in [1.807, 2.05) is 12.4 Å². The Kier molecular flexibility index (Phi) is 4.71. The van der Waals surface area contributed by atoms with Crippen LogP contribution in [-0.4, -0.2) is 23.6 Å². The van der Waals surface area contributed by atoms with E-state index < -0.39 is 0 Å². The zero-order valence-corrected chi connectivity index (χ0v) is 12.8. The molecule has 2 unspecified atom stereocenters. The van der Waals surface area contributed by atoms with Crippen molar-refractivity contribution in [2.45, 2.75) is 51.1 Å². The monoisotopic (exact) mass is 283 g/mol. The highest BCUT2D eigenvalue weighted by Gasteiger charge is 2.15. The van der Waals surface area contributed by atoms with Gasteiger partial charge in [0, 0.05) is 40.9 Å². The fourth-order valence-electron chi connectivity index (χ4n) is 3.30. The molecule has 0 bridgehead atoms. The maximum absolute atomic E-state index is 4.20. The molecule has 1 aromatic heterocycles. The summed E-state index contributed by atoms with van der Waals surface area (Å²) in [5.41, 5.74) is 1.22. The van der Waals surface area contributed by atoms with Gasteiger partial charge in [0.15, 0.2) is 0 Å². The van der Waals surface area contributed by atoms with Gasteiger partial charge in [-0.3, -0.25) is 4.98 Å². The first-order valence-corrected chi connectivity index (χ1v) is 8.15. The average Bonchev–Trinajstić information content (AvgIpc) is 2.76. The van der Waals surface area contributed by atoms with Crippen LogP contribution in [-0.2, 0) is 0 Å². The quantitative estimate of drug-likeness (QED) is 0.892. The molecule has 3 heteroatoms. The second-order valence-corrected chi connectivity index (χ2v) is 6.18. The number of nitrogens with one attached hydrogen (secondary N) is 2. The van der Waals surface area contributed by atoms with Gasteiger partial charge < -0.3 is 10.6 Å². The minimum absolute atomic E-state index is 0.472. The summed E-state index contributed by atoms with van der Waals surface area (Å²) in [6.07, 6.45) is 10.4. The van der Waals surface area contributed by atoms with Gasteiger partial charge in [-0.15, -0.1) is 0 Å². The van der Waals surface area contributed by atoms with E-state index in [2.05, 4.69) is 46.8 Å². The molecule has 0 radical (unpaired) electrons. The van der Waals surface area contributed by atoms with Crippen LogP contribution >= 0.6 is 0 Å². The summed E-state index contributed by atoms with van der Waals surface area (Å²) >= 11 is 0. The molecule has 0 amide bonds. The van der Waals surface area contributed by atoms with Crippen molar-refractivity contribution in [1.29, 1.82) is 0 Å². The van der Waals surface area contributed by atoms with Crippen molar-refractivity contribution in [3.05, 3.63) is 36.7 Å². The highest BCUT2D eigenvalue weighted by molar-refractivity contribution is 5.93. The van der Waals surface area contributed by atoms with Gasteiger partial charge in [-0.1, -0.05) is 25.0 Å². The highest BCUT2D eigenvalue weighted by atomic mass is 15.0. The summed E-state index contributed by atoms with van der Waals surface area (Å²) in [7, 11) is 0. The van der Waals surface area contributed by atoms with Crippen LogP contribution in [0, 0.1) is 0 Å². The SMILES string of the molecule is CC(CC1CCCCCN1)Nc1cccc2cnccc12. The molecule has 0 spiro atoms. The van der Waals surface area contributed by atoms with Gasteiger partial charge in [0.05, 0.1) is 0 Å². The lowest BCUT2D eigenvalue weighted by molar-refractivity contribution is 0.456. The number of benzene rings is 1. The van der Waals surface area contributed by atoms with Crippen molar-refractivity contribution in [3.8, 4) is 0 Å².